The molecule has 0 aliphatic heterocycles. The summed E-state index contributed by atoms with van der Waals surface area (Å²) in [5, 5.41) is 16.4. The summed E-state index contributed by atoms with van der Waals surface area (Å²) in [6.07, 6.45) is 7.50. The first kappa shape index (κ1) is 35.7. The molecule has 0 aliphatic rings. The molecule has 6 heteroatoms. The molecule has 0 saturated carbocycles. The fourth-order valence-electron chi connectivity index (χ4n) is 2.19. The number of hydrogen-bond donors (Lipinski definition) is 0. The molecule has 180 valence electrons. The molecular formula is C24H54N6. The monoisotopic (exact) mass is 426 g/mol. The SMILES string of the molecule is C.C.C.C.CC(C)CCc1cn(C(C)C)nn1.CC(C)CCn1cc(C(C)C)nn1. The third kappa shape index (κ3) is 14.3. The lowest BCUT2D eigenvalue weighted by atomic mass is 10.1. The molecule has 0 bridgehead atoms. The van der Waals surface area contributed by atoms with Gasteiger partial charge >= 0.3 is 0 Å². The summed E-state index contributed by atoms with van der Waals surface area (Å²) in [6.45, 7) is 18.4. The van der Waals surface area contributed by atoms with E-state index in [0.717, 1.165) is 36.2 Å². The highest BCUT2D eigenvalue weighted by Gasteiger charge is 2.05. The van der Waals surface area contributed by atoms with E-state index < -0.39 is 0 Å². The summed E-state index contributed by atoms with van der Waals surface area (Å²) >= 11 is 0. The normalized spacial score (nSPS) is 10.0. The van der Waals surface area contributed by atoms with Gasteiger partial charge in [0, 0.05) is 25.0 Å². The summed E-state index contributed by atoms with van der Waals surface area (Å²) in [5.41, 5.74) is 2.20. The molecule has 0 atom stereocenters. The lowest BCUT2D eigenvalue weighted by molar-refractivity contribution is 0.478. The zero-order valence-corrected chi connectivity index (χ0v) is 18.0. The van der Waals surface area contributed by atoms with Crippen molar-refractivity contribution in [2.45, 2.75) is 123 Å². The molecule has 0 saturated heterocycles. The number of rotatable bonds is 8. The van der Waals surface area contributed by atoms with Crippen LogP contribution in [0.5, 0.6) is 0 Å². The fraction of sp³-hybridized carbons (Fsp3) is 0.833. The van der Waals surface area contributed by atoms with Gasteiger partial charge in [0.2, 0.25) is 0 Å². The summed E-state index contributed by atoms with van der Waals surface area (Å²) in [4.78, 5) is 0. The number of nitrogens with zero attached hydrogens (tertiary/aromatic N) is 6. The Kier molecular flexibility index (Phi) is 21.5. The van der Waals surface area contributed by atoms with E-state index in [1.54, 1.807) is 0 Å². The van der Waals surface area contributed by atoms with E-state index in [-0.39, 0.29) is 29.7 Å². The number of aromatic nitrogens is 6. The Morgan fingerprint density at radius 2 is 1.30 bits per heavy atom. The van der Waals surface area contributed by atoms with Gasteiger partial charge in [0.15, 0.2) is 0 Å². The molecule has 2 rings (SSSR count). The third-order valence-corrected chi connectivity index (χ3v) is 4.15. The van der Waals surface area contributed by atoms with Crippen LogP contribution in [-0.4, -0.2) is 30.0 Å². The molecular weight excluding hydrogens is 372 g/mol. The Labute approximate surface area is 188 Å². The second-order valence-electron chi connectivity index (χ2n) is 8.46. The maximum Gasteiger partial charge on any atom is 0.0852 e. The topological polar surface area (TPSA) is 61.4 Å². The van der Waals surface area contributed by atoms with E-state index in [1.165, 1.54) is 12.8 Å². The van der Waals surface area contributed by atoms with E-state index in [9.17, 15) is 0 Å². The van der Waals surface area contributed by atoms with Gasteiger partial charge < -0.3 is 0 Å². The molecule has 0 amide bonds. The summed E-state index contributed by atoms with van der Waals surface area (Å²) in [6, 6.07) is 0.417. The number of aryl methyl sites for hydroxylation is 2. The zero-order chi connectivity index (χ0) is 19.7. The molecule has 0 unspecified atom stereocenters. The largest absolute Gasteiger partial charge is 0.252 e. The summed E-state index contributed by atoms with van der Waals surface area (Å²) in [7, 11) is 0. The Morgan fingerprint density at radius 3 is 1.70 bits per heavy atom. The minimum Gasteiger partial charge on any atom is -0.252 e. The average molecular weight is 427 g/mol. The van der Waals surface area contributed by atoms with Crippen LogP contribution in [0.3, 0.4) is 0 Å². The van der Waals surface area contributed by atoms with E-state index in [0.29, 0.717) is 12.0 Å². The lowest BCUT2D eigenvalue weighted by Crippen LogP contribution is -2.01. The summed E-state index contributed by atoms with van der Waals surface area (Å²) < 4.78 is 3.85. The van der Waals surface area contributed by atoms with Gasteiger partial charge in [0.1, 0.15) is 0 Å². The highest BCUT2D eigenvalue weighted by Crippen LogP contribution is 2.10. The van der Waals surface area contributed by atoms with Crippen molar-refractivity contribution in [3.63, 3.8) is 0 Å². The van der Waals surface area contributed by atoms with Crippen molar-refractivity contribution in [3.8, 4) is 0 Å². The van der Waals surface area contributed by atoms with Gasteiger partial charge in [-0.05, 0) is 50.9 Å². The molecule has 0 radical (unpaired) electrons. The van der Waals surface area contributed by atoms with Crippen molar-refractivity contribution in [1.29, 1.82) is 0 Å². The quantitative estimate of drug-likeness (QED) is 0.440. The van der Waals surface area contributed by atoms with E-state index in [4.69, 9.17) is 0 Å². The fourth-order valence-corrected chi connectivity index (χ4v) is 2.19. The van der Waals surface area contributed by atoms with Gasteiger partial charge in [-0.1, -0.05) is 81.7 Å². The Morgan fingerprint density at radius 1 is 0.733 bits per heavy atom. The van der Waals surface area contributed by atoms with Crippen LogP contribution in [0.4, 0.5) is 0 Å². The smallest absolute Gasteiger partial charge is 0.0852 e. The standard InChI is InChI=1S/2C10H19N3.4CH4/c1-8(2)5-6-13-7-10(9(3)4)11-12-13;1-8(2)5-6-10-7-13(9(3)4)12-11-10;;;;/h2*7-9H,5-6H2,1-4H3;4*1H4. The molecule has 2 heterocycles. The maximum absolute atomic E-state index is 4.12. The second kappa shape index (κ2) is 18.1. The van der Waals surface area contributed by atoms with Crippen molar-refractivity contribution in [3.05, 3.63) is 23.8 Å². The van der Waals surface area contributed by atoms with E-state index >= 15 is 0 Å². The first-order chi connectivity index (χ1) is 12.2. The Balaban J connectivity index is -0.000000199. The van der Waals surface area contributed by atoms with Crippen LogP contribution in [0, 0.1) is 11.8 Å². The molecule has 0 aromatic carbocycles. The van der Waals surface area contributed by atoms with E-state index in [2.05, 4.69) is 76.0 Å². The van der Waals surface area contributed by atoms with Crippen LogP contribution in [0.2, 0.25) is 0 Å². The minimum atomic E-state index is 0. The highest BCUT2D eigenvalue weighted by atomic mass is 15.4. The molecule has 30 heavy (non-hydrogen) atoms. The van der Waals surface area contributed by atoms with Gasteiger partial charge in [0.25, 0.3) is 0 Å². The van der Waals surface area contributed by atoms with Gasteiger partial charge in [0.05, 0.1) is 11.4 Å². The molecule has 0 aliphatic carbocycles. The third-order valence-electron chi connectivity index (χ3n) is 4.15. The van der Waals surface area contributed by atoms with Crippen molar-refractivity contribution >= 4 is 0 Å². The molecule has 2 aromatic heterocycles. The van der Waals surface area contributed by atoms with Crippen LogP contribution >= 0.6 is 0 Å². The lowest BCUT2D eigenvalue weighted by Gasteiger charge is -2.02. The zero-order valence-electron chi connectivity index (χ0n) is 18.0. The first-order valence-electron chi connectivity index (χ1n) is 9.99. The van der Waals surface area contributed by atoms with Gasteiger partial charge in [-0.25, -0.2) is 4.68 Å². The maximum atomic E-state index is 4.12. The van der Waals surface area contributed by atoms with Crippen LogP contribution in [0.1, 0.15) is 121 Å². The van der Waals surface area contributed by atoms with Crippen LogP contribution in [0.25, 0.3) is 0 Å². The van der Waals surface area contributed by atoms with Gasteiger partial charge in [-0.3, -0.25) is 4.68 Å². The highest BCUT2D eigenvalue weighted by molar-refractivity contribution is 4.98. The molecule has 0 N–H and O–H groups in total. The van der Waals surface area contributed by atoms with Gasteiger partial charge in [-0.2, -0.15) is 0 Å². The predicted molar refractivity (Wildman–Crippen MR) is 134 cm³/mol. The average Bonchev–Trinajstić information content (AvgIpc) is 3.21. The first-order valence-corrected chi connectivity index (χ1v) is 9.99. The minimum absolute atomic E-state index is 0. The Hall–Kier alpha value is -1.72. The second-order valence-corrected chi connectivity index (χ2v) is 8.46. The van der Waals surface area contributed by atoms with E-state index in [1.807, 2.05) is 21.8 Å². The van der Waals surface area contributed by atoms with Crippen LogP contribution < -0.4 is 0 Å². The van der Waals surface area contributed by atoms with Crippen LogP contribution in [0.15, 0.2) is 12.4 Å². The Bertz CT molecular complexity index is 556. The predicted octanol–water partition coefficient (Wildman–Crippen LogP) is 7.44. The van der Waals surface area contributed by atoms with Crippen molar-refractivity contribution < 1.29 is 0 Å². The molecule has 2 aromatic rings. The van der Waals surface area contributed by atoms with Crippen molar-refractivity contribution in [1.82, 2.24) is 30.0 Å². The summed E-state index contributed by atoms with van der Waals surface area (Å²) in [5.74, 6) is 1.95. The van der Waals surface area contributed by atoms with Crippen molar-refractivity contribution in [2.75, 3.05) is 0 Å². The van der Waals surface area contributed by atoms with Crippen molar-refractivity contribution in [2.24, 2.45) is 11.8 Å². The molecule has 0 fully saturated rings. The van der Waals surface area contributed by atoms with Crippen LogP contribution in [-0.2, 0) is 13.0 Å². The van der Waals surface area contributed by atoms with Gasteiger partial charge in [-0.15, -0.1) is 10.2 Å². The molecule has 6 nitrogen and oxygen atoms in total. The molecule has 0 spiro atoms. The number of hydrogen-bond acceptors (Lipinski definition) is 4.